The van der Waals surface area contributed by atoms with Crippen molar-refractivity contribution in [1.82, 2.24) is 0 Å². The Morgan fingerprint density at radius 3 is 2.48 bits per heavy atom. The number of rotatable bonds is 6. The number of nitro benzene ring substituents is 2. The summed E-state index contributed by atoms with van der Waals surface area (Å²) in [6.07, 6.45) is 0. The monoisotopic (exact) mass is 349 g/mol. The first-order valence-corrected chi connectivity index (χ1v) is 6.89. The first kappa shape index (κ1) is 17.8. The molecule has 1 amide bonds. The number of carbonyl (C=O) groups excluding carboxylic acids is 1. The number of amides is 1. The third kappa shape index (κ3) is 4.47. The number of nitrogens with one attached hydrogen (secondary N) is 1. The van der Waals surface area contributed by atoms with Crippen molar-refractivity contribution in [3.8, 4) is 5.75 Å². The largest absolute Gasteiger partial charge is 0.484 e. The van der Waals surface area contributed by atoms with Crippen LogP contribution in [0.1, 0.15) is 5.56 Å². The van der Waals surface area contributed by atoms with Crippen molar-refractivity contribution in [2.24, 2.45) is 0 Å². The van der Waals surface area contributed by atoms with Crippen LogP contribution in [0.3, 0.4) is 0 Å². The minimum atomic E-state index is -1.09. The summed E-state index contributed by atoms with van der Waals surface area (Å²) in [5.74, 6) is -1.77. The van der Waals surface area contributed by atoms with E-state index in [-0.39, 0.29) is 17.1 Å². The van der Waals surface area contributed by atoms with Crippen molar-refractivity contribution < 1.29 is 23.8 Å². The van der Waals surface area contributed by atoms with E-state index in [0.717, 1.165) is 18.2 Å². The van der Waals surface area contributed by atoms with E-state index >= 15 is 0 Å². The van der Waals surface area contributed by atoms with Crippen LogP contribution in [0.4, 0.5) is 21.5 Å². The van der Waals surface area contributed by atoms with E-state index in [0.29, 0.717) is 5.56 Å². The molecule has 0 aromatic heterocycles. The third-order valence-corrected chi connectivity index (χ3v) is 3.19. The summed E-state index contributed by atoms with van der Waals surface area (Å²) in [5.41, 5.74) is -0.0266. The van der Waals surface area contributed by atoms with E-state index in [1.54, 1.807) is 6.92 Å². The Bertz CT molecular complexity index is 855. The highest BCUT2D eigenvalue weighted by molar-refractivity contribution is 5.93. The fraction of sp³-hybridized carbons (Fsp3) is 0.133. The molecule has 0 spiro atoms. The molecule has 1 N–H and O–H groups in total. The molecule has 0 saturated carbocycles. The third-order valence-electron chi connectivity index (χ3n) is 3.19. The Morgan fingerprint density at radius 2 is 1.88 bits per heavy atom. The number of hydrogen-bond donors (Lipinski definition) is 1. The van der Waals surface area contributed by atoms with E-state index in [4.69, 9.17) is 4.74 Å². The predicted octanol–water partition coefficient (Wildman–Crippen LogP) is 2.97. The first-order valence-electron chi connectivity index (χ1n) is 6.89. The average molecular weight is 349 g/mol. The second kappa shape index (κ2) is 7.34. The lowest BCUT2D eigenvalue weighted by atomic mass is 10.2. The fourth-order valence-corrected chi connectivity index (χ4v) is 1.92. The number of non-ortho nitro benzene ring substituents is 1. The van der Waals surface area contributed by atoms with Crippen molar-refractivity contribution in [1.29, 1.82) is 0 Å². The SMILES string of the molecule is Cc1ccc([N+](=O)[O-])cc1NC(=O)COc1ccc([N+](=O)[O-])c(F)c1. The lowest BCUT2D eigenvalue weighted by Crippen LogP contribution is -2.20. The van der Waals surface area contributed by atoms with Gasteiger partial charge in [0.15, 0.2) is 6.61 Å². The van der Waals surface area contributed by atoms with Crippen molar-refractivity contribution in [3.63, 3.8) is 0 Å². The molecule has 25 heavy (non-hydrogen) atoms. The molecule has 2 rings (SSSR count). The molecule has 0 aliphatic carbocycles. The summed E-state index contributed by atoms with van der Waals surface area (Å²) in [7, 11) is 0. The molecule has 0 radical (unpaired) electrons. The maximum atomic E-state index is 13.5. The van der Waals surface area contributed by atoms with Crippen LogP contribution in [0.25, 0.3) is 0 Å². The summed E-state index contributed by atoms with van der Waals surface area (Å²) in [4.78, 5) is 31.7. The van der Waals surface area contributed by atoms with Crippen LogP contribution < -0.4 is 10.1 Å². The van der Waals surface area contributed by atoms with Crippen molar-refractivity contribution in [2.75, 3.05) is 11.9 Å². The van der Waals surface area contributed by atoms with Crippen LogP contribution in [0.5, 0.6) is 5.75 Å². The Hall–Kier alpha value is -3.56. The Kier molecular flexibility index (Phi) is 5.22. The van der Waals surface area contributed by atoms with Gasteiger partial charge in [0.25, 0.3) is 11.6 Å². The van der Waals surface area contributed by atoms with E-state index in [1.165, 1.54) is 18.2 Å². The highest BCUT2D eigenvalue weighted by Gasteiger charge is 2.15. The Morgan fingerprint density at radius 1 is 1.16 bits per heavy atom. The molecule has 2 aromatic rings. The van der Waals surface area contributed by atoms with Crippen LogP contribution in [0.2, 0.25) is 0 Å². The molecule has 0 atom stereocenters. The molecular formula is C15H12FN3O6. The molecule has 0 aliphatic heterocycles. The van der Waals surface area contributed by atoms with E-state index in [2.05, 4.69) is 5.32 Å². The number of anilines is 1. The summed E-state index contributed by atoms with van der Waals surface area (Å²) in [5, 5.41) is 23.7. The number of ether oxygens (including phenoxy) is 1. The lowest BCUT2D eigenvalue weighted by molar-refractivity contribution is -0.387. The zero-order valence-corrected chi connectivity index (χ0v) is 12.9. The van der Waals surface area contributed by atoms with Gasteiger partial charge in [-0.25, -0.2) is 0 Å². The fourth-order valence-electron chi connectivity index (χ4n) is 1.92. The van der Waals surface area contributed by atoms with Gasteiger partial charge in [-0.1, -0.05) is 6.07 Å². The van der Waals surface area contributed by atoms with Gasteiger partial charge in [0, 0.05) is 24.3 Å². The molecule has 2 aromatic carbocycles. The van der Waals surface area contributed by atoms with Gasteiger partial charge in [-0.05, 0) is 18.6 Å². The number of hydrogen-bond acceptors (Lipinski definition) is 6. The molecule has 10 heteroatoms. The average Bonchev–Trinajstić information content (AvgIpc) is 2.54. The van der Waals surface area contributed by atoms with E-state index < -0.39 is 33.9 Å². The van der Waals surface area contributed by atoms with Gasteiger partial charge >= 0.3 is 5.69 Å². The summed E-state index contributed by atoms with van der Waals surface area (Å²) < 4.78 is 18.5. The number of halogens is 1. The zero-order valence-electron chi connectivity index (χ0n) is 12.9. The first-order chi connectivity index (χ1) is 11.8. The standard InChI is InChI=1S/C15H12FN3O6/c1-9-2-3-10(18(21)22)6-13(9)17-15(20)8-25-11-4-5-14(19(23)24)12(16)7-11/h2-7H,8H2,1H3,(H,17,20). The molecule has 0 aliphatic rings. The second-order valence-corrected chi connectivity index (χ2v) is 4.96. The second-order valence-electron chi connectivity index (χ2n) is 4.96. The van der Waals surface area contributed by atoms with Crippen LogP contribution >= 0.6 is 0 Å². The molecule has 9 nitrogen and oxygen atoms in total. The zero-order chi connectivity index (χ0) is 18.6. The molecule has 0 heterocycles. The molecule has 0 bridgehead atoms. The van der Waals surface area contributed by atoms with E-state index in [9.17, 15) is 29.4 Å². The molecule has 0 unspecified atom stereocenters. The number of aryl methyl sites for hydroxylation is 1. The van der Waals surface area contributed by atoms with Gasteiger partial charge < -0.3 is 10.1 Å². The minimum Gasteiger partial charge on any atom is -0.484 e. The van der Waals surface area contributed by atoms with Crippen molar-refractivity contribution in [2.45, 2.75) is 6.92 Å². The van der Waals surface area contributed by atoms with Gasteiger partial charge in [-0.3, -0.25) is 25.0 Å². The quantitative estimate of drug-likeness (QED) is 0.631. The molecule has 0 saturated heterocycles. The van der Waals surface area contributed by atoms with Gasteiger partial charge in [0.2, 0.25) is 5.82 Å². The Labute approximate surface area is 140 Å². The summed E-state index contributed by atoms with van der Waals surface area (Å²) >= 11 is 0. The number of carbonyl (C=O) groups is 1. The normalized spacial score (nSPS) is 10.2. The van der Waals surface area contributed by atoms with Crippen molar-refractivity contribution in [3.05, 3.63) is 68.0 Å². The molecule has 130 valence electrons. The Balaban J connectivity index is 2.02. The number of nitrogens with zero attached hydrogens (tertiary/aromatic N) is 2. The van der Waals surface area contributed by atoms with Crippen LogP contribution in [-0.2, 0) is 4.79 Å². The topological polar surface area (TPSA) is 125 Å². The highest BCUT2D eigenvalue weighted by atomic mass is 19.1. The van der Waals surface area contributed by atoms with Crippen LogP contribution in [0.15, 0.2) is 36.4 Å². The maximum absolute atomic E-state index is 13.5. The van der Waals surface area contributed by atoms with Crippen LogP contribution in [-0.4, -0.2) is 22.4 Å². The summed E-state index contributed by atoms with van der Waals surface area (Å²) in [6, 6.07) is 6.88. The smallest absolute Gasteiger partial charge is 0.305 e. The lowest BCUT2D eigenvalue weighted by Gasteiger charge is -2.09. The van der Waals surface area contributed by atoms with Gasteiger partial charge in [0.05, 0.1) is 15.5 Å². The van der Waals surface area contributed by atoms with Gasteiger partial charge in [-0.15, -0.1) is 0 Å². The van der Waals surface area contributed by atoms with Gasteiger partial charge in [-0.2, -0.15) is 4.39 Å². The van der Waals surface area contributed by atoms with Gasteiger partial charge in [0.1, 0.15) is 5.75 Å². The van der Waals surface area contributed by atoms with Crippen LogP contribution in [0, 0.1) is 33.0 Å². The highest BCUT2D eigenvalue weighted by Crippen LogP contribution is 2.23. The van der Waals surface area contributed by atoms with Crippen molar-refractivity contribution >= 4 is 23.0 Å². The minimum absolute atomic E-state index is 0.0611. The van der Waals surface area contributed by atoms with E-state index in [1.807, 2.05) is 0 Å². The number of benzene rings is 2. The maximum Gasteiger partial charge on any atom is 0.305 e. The number of nitro groups is 2. The summed E-state index contributed by atoms with van der Waals surface area (Å²) in [6.45, 7) is 1.16. The molecule has 0 fully saturated rings. The predicted molar refractivity (Wildman–Crippen MR) is 85.0 cm³/mol. The molecular weight excluding hydrogens is 337 g/mol.